The molecule has 2 rings (SSSR count). The van der Waals surface area contributed by atoms with Crippen LogP contribution in [0, 0.1) is 11.6 Å². The number of piperazine rings is 1. The highest BCUT2D eigenvalue weighted by Crippen LogP contribution is 2.25. The average molecular weight is 325 g/mol. The van der Waals surface area contributed by atoms with E-state index in [9.17, 15) is 17.2 Å². The van der Waals surface area contributed by atoms with Crippen molar-refractivity contribution < 1.29 is 17.2 Å². The number of sulfonamides is 1. The third-order valence-electron chi connectivity index (χ3n) is 3.36. The summed E-state index contributed by atoms with van der Waals surface area (Å²) in [6.07, 6.45) is 0. The molecule has 1 heterocycles. The fourth-order valence-electron chi connectivity index (χ4n) is 2.07. The second-order valence-electron chi connectivity index (χ2n) is 4.68. The summed E-state index contributed by atoms with van der Waals surface area (Å²) in [7, 11) is -2.08. The largest absolute Gasteiger partial charge is 0.304 e. The minimum atomic E-state index is -3.96. The van der Waals surface area contributed by atoms with E-state index in [1.807, 2.05) is 11.9 Å². The molecule has 1 fully saturated rings. The van der Waals surface area contributed by atoms with Crippen LogP contribution in [0.1, 0.15) is 5.56 Å². The molecule has 0 aliphatic carbocycles. The molecule has 0 unspecified atom stereocenters. The molecule has 20 heavy (non-hydrogen) atoms. The van der Waals surface area contributed by atoms with Gasteiger partial charge in [0.05, 0.1) is 5.88 Å². The fraction of sp³-hybridized carbons (Fsp3) is 0.500. The fourth-order valence-corrected chi connectivity index (χ4v) is 3.82. The summed E-state index contributed by atoms with van der Waals surface area (Å²) in [5, 5.41) is 0. The zero-order chi connectivity index (χ0) is 14.9. The number of benzene rings is 1. The number of halogens is 3. The molecule has 1 aromatic carbocycles. The molecule has 1 aromatic rings. The summed E-state index contributed by atoms with van der Waals surface area (Å²) < 4.78 is 53.5. The van der Waals surface area contributed by atoms with Crippen LogP contribution in [0.5, 0.6) is 0 Å². The molecule has 0 bridgehead atoms. The van der Waals surface area contributed by atoms with E-state index in [1.165, 1.54) is 4.31 Å². The van der Waals surface area contributed by atoms with Crippen molar-refractivity contribution in [3.05, 3.63) is 29.3 Å². The molecule has 0 N–H and O–H groups in total. The van der Waals surface area contributed by atoms with Crippen LogP contribution >= 0.6 is 11.6 Å². The van der Waals surface area contributed by atoms with Gasteiger partial charge in [0.2, 0.25) is 10.0 Å². The van der Waals surface area contributed by atoms with Gasteiger partial charge in [0, 0.05) is 31.7 Å². The van der Waals surface area contributed by atoms with E-state index in [-0.39, 0.29) is 13.1 Å². The minimum Gasteiger partial charge on any atom is -0.304 e. The molecule has 8 heteroatoms. The molecule has 0 saturated carbocycles. The standard InChI is InChI=1S/C12H15ClF2N2O2S/c1-16-4-6-17(7-5-16)20(18,19)11-3-2-10(14)9(8-13)12(11)15/h2-3H,4-8H2,1H3. The Morgan fingerprint density at radius 1 is 1.20 bits per heavy atom. The van der Waals surface area contributed by atoms with Crippen LogP contribution in [0.3, 0.4) is 0 Å². The van der Waals surface area contributed by atoms with E-state index in [2.05, 4.69) is 0 Å². The second kappa shape index (κ2) is 5.93. The lowest BCUT2D eigenvalue weighted by Crippen LogP contribution is -2.47. The first-order valence-electron chi connectivity index (χ1n) is 6.09. The molecular weight excluding hydrogens is 310 g/mol. The Morgan fingerprint density at radius 2 is 1.80 bits per heavy atom. The Bertz CT molecular complexity index is 602. The van der Waals surface area contributed by atoms with Crippen molar-refractivity contribution in [2.45, 2.75) is 10.8 Å². The molecule has 0 amide bonds. The lowest BCUT2D eigenvalue weighted by atomic mass is 10.2. The van der Waals surface area contributed by atoms with Gasteiger partial charge in [-0.05, 0) is 19.2 Å². The third kappa shape index (κ3) is 2.81. The van der Waals surface area contributed by atoms with Crippen LogP contribution in [0.4, 0.5) is 8.78 Å². The first-order chi connectivity index (χ1) is 9.37. The van der Waals surface area contributed by atoms with Gasteiger partial charge < -0.3 is 4.90 Å². The van der Waals surface area contributed by atoms with E-state index in [4.69, 9.17) is 11.6 Å². The average Bonchev–Trinajstić information content (AvgIpc) is 2.39. The predicted octanol–water partition coefficient (Wildman–Crippen LogP) is 1.64. The monoisotopic (exact) mass is 324 g/mol. The van der Waals surface area contributed by atoms with Crippen molar-refractivity contribution >= 4 is 21.6 Å². The second-order valence-corrected chi connectivity index (χ2v) is 6.85. The third-order valence-corrected chi connectivity index (χ3v) is 5.55. The summed E-state index contributed by atoms with van der Waals surface area (Å²) >= 11 is 5.47. The van der Waals surface area contributed by atoms with E-state index in [0.717, 1.165) is 12.1 Å². The van der Waals surface area contributed by atoms with E-state index >= 15 is 0 Å². The van der Waals surface area contributed by atoms with Crippen LogP contribution < -0.4 is 0 Å². The van der Waals surface area contributed by atoms with E-state index in [0.29, 0.717) is 13.1 Å². The van der Waals surface area contributed by atoms with Crippen LogP contribution in [0.25, 0.3) is 0 Å². The van der Waals surface area contributed by atoms with Crippen LogP contribution in [-0.2, 0) is 15.9 Å². The molecule has 0 aromatic heterocycles. The first kappa shape index (κ1) is 15.6. The number of likely N-dealkylation sites (N-methyl/N-ethyl adjacent to an activating group) is 1. The van der Waals surface area contributed by atoms with Gasteiger partial charge in [0.1, 0.15) is 10.7 Å². The maximum atomic E-state index is 14.1. The Labute approximate surface area is 122 Å². The van der Waals surface area contributed by atoms with Crippen LogP contribution in [0.2, 0.25) is 0 Å². The maximum Gasteiger partial charge on any atom is 0.246 e. The van der Waals surface area contributed by atoms with Gasteiger partial charge in [-0.15, -0.1) is 11.6 Å². The highest BCUT2D eigenvalue weighted by atomic mass is 35.5. The molecule has 1 aliphatic rings. The lowest BCUT2D eigenvalue weighted by molar-refractivity contribution is 0.222. The molecule has 0 spiro atoms. The van der Waals surface area contributed by atoms with Gasteiger partial charge in [-0.25, -0.2) is 17.2 Å². The predicted molar refractivity (Wildman–Crippen MR) is 72.2 cm³/mol. The van der Waals surface area contributed by atoms with Crippen molar-refractivity contribution in [3.63, 3.8) is 0 Å². The Morgan fingerprint density at radius 3 is 2.35 bits per heavy atom. The number of hydrogen-bond donors (Lipinski definition) is 0. The number of rotatable bonds is 3. The quantitative estimate of drug-likeness (QED) is 0.794. The molecular formula is C12H15ClF2N2O2S. The Balaban J connectivity index is 2.40. The van der Waals surface area contributed by atoms with Crippen molar-refractivity contribution in [1.82, 2.24) is 9.21 Å². The highest BCUT2D eigenvalue weighted by molar-refractivity contribution is 7.89. The van der Waals surface area contributed by atoms with E-state index < -0.39 is 38.0 Å². The SMILES string of the molecule is CN1CCN(S(=O)(=O)c2ccc(F)c(CCl)c2F)CC1. The van der Waals surface area contributed by atoms with E-state index in [1.54, 1.807) is 0 Å². The van der Waals surface area contributed by atoms with Gasteiger partial charge in [0.15, 0.2) is 5.82 Å². The van der Waals surface area contributed by atoms with Gasteiger partial charge >= 0.3 is 0 Å². The first-order valence-corrected chi connectivity index (χ1v) is 8.07. The summed E-state index contributed by atoms with van der Waals surface area (Å²) in [4.78, 5) is 1.47. The maximum absolute atomic E-state index is 14.1. The summed E-state index contributed by atoms with van der Waals surface area (Å²) in [5.41, 5.74) is -0.415. The number of hydrogen-bond acceptors (Lipinski definition) is 3. The van der Waals surface area contributed by atoms with Crippen molar-refractivity contribution in [3.8, 4) is 0 Å². The van der Waals surface area contributed by atoms with Gasteiger partial charge in [0.25, 0.3) is 0 Å². The van der Waals surface area contributed by atoms with Crippen molar-refractivity contribution in [2.75, 3.05) is 33.2 Å². The van der Waals surface area contributed by atoms with Gasteiger partial charge in [-0.1, -0.05) is 0 Å². The lowest BCUT2D eigenvalue weighted by Gasteiger charge is -2.31. The molecule has 1 aliphatic heterocycles. The molecule has 0 radical (unpaired) electrons. The number of nitrogens with zero attached hydrogens (tertiary/aromatic N) is 2. The summed E-state index contributed by atoms with van der Waals surface area (Å²) in [6.45, 7) is 1.71. The van der Waals surface area contributed by atoms with Crippen molar-refractivity contribution in [1.29, 1.82) is 0 Å². The smallest absolute Gasteiger partial charge is 0.246 e. The van der Waals surface area contributed by atoms with Gasteiger partial charge in [-0.2, -0.15) is 4.31 Å². The molecule has 4 nitrogen and oxygen atoms in total. The Hall–Kier alpha value is -0.760. The Kier molecular flexibility index (Phi) is 4.63. The van der Waals surface area contributed by atoms with Crippen LogP contribution in [-0.4, -0.2) is 50.8 Å². The molecule has 112 valence electrons. The minimum absolute atomic E-state index is 0.284. The zero-order valence-corrected chi connectivity index (χ0v) is 12.5. The van der Waals surface area contributed by atoms with Gasteiger partial charge in [-0.3, -0.25) is 0 Å². The topological polar surface area (TPSA) is 40.6 Å². The van der Waals surface area contributed by atoms with Crippen LogP contribution in [0.15, 0.2) is 17.0 Å². The molecule has 1 saturated heterocycles. The summed E-state index contributed by atoms with van der Waals surface area (Å²) in [5.74, 6) is -2.35. The molecule has 0 atom stereocenters. The highest BCUT2D eigenvalue weighted by Gasteiger charge is 2.31. The number of alkyl halides is 1. The zero-order valence-electron chi connectivity index (χ0n) is 10.9. The summed E-state index contributed by atoms with van der Waals surface area (Å²) in [6, 6.07) is 1.89. The van der Waals surface area contributed by atoms with Crippen molar-refractivity contribution in [2.24, 2.45) is 0 Å². The normalized spacial score (nSPS) is 18.4.